The highest BCUT2D eigenvalue weighted by Gasteiger charge is 2.61. The molecule has 1 saturated heterocycles. The van der Waals surface area contributed by atoms with E-state index in [-0.39, 0.29) is 22.5 Å². The first-order valence-corrected chi connectivity index (χ1v) is 9.95. The summed E-state index contributed by atoms with van der Waals surface area (Å²) in [7, 11) is 0. The maximum absolute atomic E-state index is 13.3. The number of hydrogen-bond acceptors (Lipinski definition) is 6. The molecule has 0 radical (unpaired) electrons. The molecule has 0 bridgehead atoms. The number of amides is 2. The molecular weight excluding hydrogens is 457 g/mol. The number of halogens is 3. The summed E-state index contributed by atoms with van der Waals surface area (Å²) >= 11 is 0. The van der Waals surface area contributed by atoms with E-state index in [4.69, 9.17) is 0 Å². The van der Waals surface area contributed by atoms with Crippen molar-refractivity contribution >= 4 is 40.7 Å². The highest BCUT2D eigenvalue weighted by molar-refractivity contribution is 6.42. The Balaban J connectivity index is 1.62. The van der Waals surface area contributed by atoms with E-state index < -0.39 is 64.5 Å². The third-order valence-electron chi connectivity index (χ3n) is 6.10. The highest BCUT2D eigenvalue weighted by Crippen LogP contribution is 2.44. The fourth-order valence-corrected chi connectivity index (χ4v) is 4.61. The Morgan fingerprint density at radius 3 is 2.26 bits per heavy atom. The molecule has 3 aliphatic rings. The van der Waals surface area contributed by atoms with Crippen LogP contribution in [0.15, 0.2) is 59.1 Å². The van der Waals surface area contributed by atoms with Crippen molar-refractivity contribution in [3.63, 3.8) is 0 Å². The van der Waals surface area contributed by atoms with Crippen molar-refractivity contribution in [2.75, 3.05) is 4.90 Å². The summed E-state index contributed by atoms with van der Waals surface area (Å²) < 4.78 is 39.5. The predicted molar refractivity (Wildman–Crippen MR) is 110 cm³/mol. The summed E-state index contributed by atoms with van der Waals surface area (Å²) in [6, 6.07) is 7.73. The average molecular weight is 470 g/mol. The Morgan fingerprint density at radius 2 is 1.65 bits per heavy atom. The van der Waals surface area contributed by atoms with Crippen LogP contribution in [-0.4, -0.2) is 45.5 Å². The van der Waals surface area contributed by atoms with E-state index in [0.717, 1.165) is 18.2 Å². The van der Waals surface area contributed by atoms with E-state index in [1.165, 1.54) is 12.1 Å². The summed E-state index contributed by atoms with van der Waals surface area (Å²) in [6.07, 6.45) is -4.74. The molecule has 1 fully saturated rings. The Morgan fingerprint density at radius 1 is 0.971 bits per heavy atom. The van der Waals surface area contributed by atoms with Crippen LogP contribution in [0.2, 0.25) is 0 Å². The van der Waals surface area contributed by atoms with Gasteiger partial charge in [0, 0.05) is 11.1 Å². The number of aliphatic carboxylic acids is 1. The van der Waals surface area contributed by atoms with Crippen LogP contribution in [0, 0.1) is 11.8 Å². The molecule has 2 heterocycles. The fourth-order valence-electron chi connectivity index (χ4n) is 4.61. The first-order chi connectivity index (χ1) is 16.0. The van der Waals surface area contributed by atoms with Crippen molar-refractivity contribution in [2.24, 2.45) is 16.8 Å². The number of nitrogens with zero attached hydrogens (tertiary/aromatic N) is 2. The normalized spacial score (nSPS) is 24.0. The zero-order valence-corrected chi connectivity index (χ0v) is 16.9. The molecular formula is C23H13F3N2O6. The topological polar surface area (TPSA) is 124 Å². The standard InChI is InChI=1S/C23H13F3N2O6/c24-23(25,26)9-4-3-5-10(8-9)28-20(31)13-14(21(28)32)17(22(33)34)27-16(13)15-18(29)11-6-1-2-7-12(11)19(15)30/h1-8,13-14,17,29H,(H,33,34)/t13-,14+,17-/m1/s1. The lowest BCUT2D eigenvalue weighted by molar-refractivity contribution is -0.141. The lowest BCUT2D eigenvalue weighted by atomic mass is 9.85. The van der Waals surface area contributed by atoms with E-state index in [1.54, 1.807) is 12.1 Å². The van der Waals surface area contributed by atoms with Crippen molar-refractivity contribution in [3.8, 4) is 0 Å². The largest absolute Gasteiger partial charge is 0.506 e. The zero-order valence-electron chi connectivity index (χ0n) is 16.9. The Hall–Kier alpha value is -4.28. The van der Waals surface area contributed by atoms with Crippen LogP contribution in [0.25, 0.3) is 5.76 Å². The van der Waals surface area contributed by atoms with Gasteiger partial charge in [-0.15, -0.1) is 0 Å². The number of anilines is 1. The molecule has 2 aromatic rings. The van der Waals surface area contributed by atoms with Crippen LogP contribution >= 0.6 is 0 Å². The van der Waals surface area contributed by atoms with Gasteiger partial charge in [0.05, 0.1) is 34.4 Å². The molecule has 2 aliphatic heterocycles. The summed E-state index contributed by atoms with van der Waals surface area (Å²) in [5, 5.41) is 20.3. The average Bonchev–Trinajstić information content (AvgIpc) is 3.38. The van der Waals surface area contributed by atoms with Crippen molar-refractivity contribution in [3.05, 3.63) is 70.8 Å². The van der Waals surface area contributed by atoms with Crippen LogP contribution in [0.1, 0.15) is 21.5 Å². The zero-order chi connectivity index (χ0) is 24.5. The molecule has 11 heteroatoms. The first-order valence-electron chi connectivity index (χ1n) is 9.95. The molecule has 2 aromatic carbocycles. The van der Waals surface area contributed by atoms with E-state index in [9.17, 15) is 42.6 Å². The van der Waals surface area contributed by atoms with Gasteiger partial charge in [0.2, 0.25) is 11.8 Å². The van der Waals surface area contributed by atoms with Crippen LogP contribution in [0.5, 0.6) is 0 Å². The van der Waals surface area contributed by atoms with Crippen molar-refractivity contribution < 1.29 is 42.6 Å². The number of hydrogen-bond donors (Lipinski definition) is 2. The third kappa shape index (κ3) is 2.89. The Labute approximate surface area is 188 Å². The number of imide groups is 1. The van der Waals surface area contributed by atoms with E-state index in [0.29, 0.717) is 11.0 Å². The minimum absolute atomic E-state index is 0.111. The molecule has 2 N–H and O–H groups in total. The minimum atomic E-state index is -4.74. The number of aliphatic hydroxyl groups excluding tert-OH is 1. The number of rotatable bonds is 3. The van der Waals surface area contributed by atoms with Gasteiger partial charge in [-0.25, -0.2) is 9.69 Å². The first kappa shape index (κ1) is 21.6. The van der Waals surface area contributed by atoms with Gasteiger partial charge in [-0.2, -0.15) is 13.2 Å². The molecule has 0 saturated carbocycles. The number of carbonyl (C=O) groups excluding carboxylic acids is 3. The van der Waals surface area contributed by atoms with E-state index in [1.807, 2.05) is 0 Å². The number of carboxylic acids is 1. The van der Waals surface area contributed by atoms with Gasteiger partial charge in [-0.1, -0.05) is 30.3 Å². The van der Waals surface area contributed by atoms with Crippen LogP contribution < -0.4 is 4.90 Å². The number of aliphatic imine (C=N–C) groups is 1. The monoisotopic (exact) mass is 470 g/mol. The van der Waals surface area contributed by atoms with Gasteiger partial charge >= 0.3 is 12.1 Å². The van der Waals surface area contributed by atoms with Gasteiger partial charge in [-0.05, 0) is 18.2 Å². The number of carbonyl (C=O) groups is 4. The number of carboxylic acid groups (broad SMARTS) is 1. The third-order valence-corrected chi connectivity index (χ3v) is 6.10. The second-order valence-corrected chi connectivity index (χ2v) is 7.96. The SMILES string of the molecule is O=C1C(C2=N[C@@H](C(=O)O)[C@H]3C(=O)N(c4cccc(C(F)(F)F)c4)C(=O)[C@@H]23)=C(O)c2ccccc21. The molecule has 0 spiro atoms. The number of allylic oxidation sites excluding steroid dienone is 1. The quantitative estimate of drug-likeness (QED) is 0.665. The number of fused-ring (bicyclic) bond motifs is 2. The smallest absolute Gasteiger partial charge is 0.416 e. The maximum Gasteiger partial charge on any atom is 0.416 e. The van der Waals surface area contributed by atoms with Crippen LogP contribution in [0.4, 0.5) is 18.9 Å². The molecule has 3 atom stereocenters. The lowest BCUT2D eigenvalue weighted by Gasteiger charge is -2.18. The van der Waals surface area contributed by atoms with Crippen LogP contribution in [0.3, 0.4) is 0 Å². The second kappa shape index (κ2) is 7.11. The summed E-state index contributed by atoms with van der Waals surface area (Å²) in [5.41, 5.74) is -1.99. The minimum Gasteiger partial charge on any atom is -0.506 e. The summed E-state index contributed by atoms with van der Waals surface area (Å²) in [4.78, 5) is 55.7. The number of benzene rings is 2. The van der Waals surface area contributed by atoms with E-state index >= 15 is 0 Å². The van der Waals surface area contributed by atoms with Gasteiger partial charge in [0.15, 0.2) is 11.8 Å². The molecule has 0 aromatic heterocycles. The summed E-state index contributed by atoms with van der Waals surface area (Å²) in [6.45, 7) is 0. The lowest BCUT2D eigenvalue weighted by Crippen LogP contribution is -2.36. The number of ketones is 1. The van der Waals surface area contributed by atoms with Gasteiger partial charge in [0.25, 0.3) is 0 Å². The molecule has 0 unspecified atom stereocenters. The van der Waals surface area contributed by atoms with Crippen molar-refractivity contribution in [1.82, 2.24) is 0 Å². The number of alkyl halides is 3. The Bertz CT molecular complexity index is 1380. The Kier molecular flexibility index (Phi) is 4.51. The molecule has 34 heavy (non-hydrogen) atoms. The number of Topliss-reactive ketones (excluding diaryl/α,β-unsaturated/α-hetero) is 1. The predicted octanol–water partition coefficient (Wildman–Crippen LogP) is 2.88. The fraction of sp³-hybridized carbons (Fsp3) is 0.174. The second-order valence-electron chi connectivity index (χ2n) is 7.96. The maximum atomic E-state index is 13.3. The molecule has 8 nitrogen and oxygen atoms in total. The molecule has 2 amide bonds. The van der Waals surface area contributed by atoms with Crippen LogP contribution in [-0.2, 0) is 20.6 Å². The highest BCUT2D eigenvalue weighted by atomic mass is 19.4. The van der Waals surface area contributed by atoms with Crippen molar-refractivity contribution in [1.29, 1.82) is 0 Å². The van der Waals surface area contributed by atoms with Gasteiger partial charge in [0.1, 0.15) is 5.76 Å². The number of aliphatic hydroxyl groups is 1. The summed E-state index contributed by atoms with van der Waals surface area (Å²) in [5.74, 6) is -7.98. The van der Waals surface area contributed by atoms with Crippen molar-refractivity contribution in [2.45, 2.75) is 12.2 Å². The van der Waals surface area contributed by atoms with Gasteiger partial charge < -0.3 is 10.2 Å². The molecule has 5 rings (SSSR count). The van der Waals surface area contributed by atoms with E-state index in [2.05, 4.69) is 4.99 Å². The van der Waals surface area contributed by atoms with Gasteiger partial charge in [-0.3, -0.25) is 19.4 Å². The molecule has 172 valence electrons. The molecule has 1 aliphatic carbocycles.